The minimum atomic E-state index is -4.63. The summed E-state index contributed by atoms with van der Waals surface area (Å²) in [5, 5.41) is 11.0. The molecule has 0 amide bonds. The summed E-state index contributed by atoms with van der Waals surface area (Å²) < 4.78 is 62.0. The second kappa shape index (κ2) is 10.2. The van der Waals surface area contributed by atoms with Crippen molar-refractivity contribution >= 4 is 5.82 Å². The molecule has 2 aliphatic heterocycles. The number of rotatable bonds is 6. The Morgan fingerprint density at radius 2 is 1.75 bits per heavy atom. The Kier molecular flexibility index (Phi) is 7.23. The normalized spacial score (nSPS) is 25.5. The Hall–Kier alpha value is -2.26. The summed E-state index contributed by atoms with van der Waals surface area (Å²) in [7, 11) is 0. The zero-order chi connectivity index (χ0) is 25.4. The molecule has 1 N–H and O–H groups in total. The molecular weight excluding hydrogens is 472 g/mol. The quantitative estimate of drug-likeness (QED) is 0.489. The van der Waals surface area contributed by atoms with E-state index >= 15 is 0 Å². The third-order valence-electron chi connectivity index (χ3n) is 8.06. The molecule has 196 valence electrons. The fraction of sp³-hybridized carbons (Fsp3) is 0.630. The van der Waals surface area contributed by atoms with Crippen LogP contribution in [0.5, 0.6) is 0 Å². The number of nitrogens with zero attached hydrogens (tertiary/aromatic N) is 3. The van der Waals surface area contributed by atoms with Crippen molar-refractivity contribution in [2.75, 3.05) is 38.2 Å². The van der Waals surface area contributed by atoms with E-state index in [-0.39, 0.29) is 29.0 Å². The van der Waals surface area contributed by atoms with Gasteiger partial charge < -0.3 is 15.0 Å². The van der Waals surface area contributed by atoms with Gasteiger partial charge in [0.2, 0.25) is 0 Å². The molecule has 0 spiro atoms. The third-order valence-corrected chi connectivity index (χ3v) is 8.06. The lowest BCUT2D eigenvalue weighted by atomic mass is 9.98. The lowest BCUT2D eigenvalue weighted by Gasteiger charge is -2.28. The van der Waals surface area contributed by atoms with Gasteiger partial charge in [-0.2, -0.15) is 13.2 Å². The molecule has 3 aliphatic rings. The van der Waals surface area contributed by atoms with Crippen LogP contribution in [-0.4, -0.2) is 54.0 Å². The van der Waals surface area contributed by atoms with Crippen molar-refractivity contribution in [3.8, 4) is 11.3 Å². The van der Waals surface area contributed by atoms with Crippen LogP contribution < -0.4 is 5.32 Å². The average Bonchev–Trinajstić information content (AvgIpc) is 3.37. The standard InChI is InChI=1S/C27H34F4N4O/c1-16(2)18-3-4-24(28)22(11-18)25-12-23(27(29,30)31)26(34-33-25)32-21-9-19-14-35(15-20(19)10-21)13-17-5-7-36-8-6-17/h3-4,11-12,16-17,19-21H,5-10,13-15H2,1-2H3,(H,32,34). The van der Waals surface area contributed by atoms with Crippen LogP contribution in [0.25, 0.3) is 11.3 Å². The Bertz CT molecular complexity index is 1060. The Balaban J connectivity index is 1.28. The molecule has 1 aliphatic carbocycles. The molecule has 3 heterocycles. The third kappa shape index (κ3) is 5.52. The zero-order valence-electron chi connectivity index (χ0n) is 20.8. The predicted molar refractivity (Wildman–Crippen MR) is 130 cm³/mol. The molecular formula is C27H34F4N4O. The Labute approximate surface area is 209 Å². The van der Waals surface area contributed by atoms with Crippen molar-refractivity contribution < 1.29 is 22.3 Å². The number of ether oxygens (including phenoxy) is 1. The lowest BCUT2D eigenvalue weighted by molar-refractivity contribution is -0.137. The number of nitrogens with one attached hydrogen (secondary N) is 1. The highest BCUT2D eigenvalue weighted by atomic mass is 19.4. The van der Waals surface area contributed by atoms with E-state index in [2.05, 4.69) is 20.4 Å². The first-order valence-corrected chi connectivity index (χ1v) is 13.0. The minimum Gasteiger partial charge on any atom is -0.381 e. The molecule has 2 atom stereocenters. The van der Waals surface area contributed by atoms with E-state index in [1.807, 2.05) is 13.8 Å². The minimum absolute atomic E-state index is 0.0331. The van der Waals surface area contributed by atoms with Crippen LogP contribution in [0.15, 0.2) is 24.3 Å². The molecule has 2 saturated heterocycles. The van der Waals surface area contributed by atoms with Crippen molar-refractivity contribution in [3.63, 3.8) is 0 Å². The largest absolute Gasteiger partial charge is 0.420 e. The van der Waals surface area contributed by atoms with Crippen LogP contribution in [0.1, 0.15) is 56.6 Å². The smallest absolute Gasteiger partial charge is 0.381 e. The molecule has 1 aromatic carbocycles. The first-order chi connectivity index (χ1) is 17.2. The van der Waals surface area contributed by atoms with Crippen LogP contribution in [-0.2, 0) is 10.9 Å². The summed E-state index contributed by atoms with van der Waals surface area (Å²) in [5.41, 5.74) is -0.155. The van der Waals surface area contributed by atoms with E-state index < -0.39 is 17.6 Å². The van der Waals surface area contributed by atoms with Gasteiger partial charge in [0.05, 0.1) is 5.69 Å². The van der Waals surface area contributed by atoms with Gasteiger partial charge in [0.15, 0.2) is 5.82 Å². The van der Waals surface area contributed by atoms with Gasteiger partial charge in [0.1, 0.15) is 11.4 Å². The summed E-state index contributed by atoms with van der Waals surface area (Å²) in [6, 6.07) is 5.31. The Morgan fingerprint density at radius 1 is 1.06 bits per heavy atom. The van der Waals surface area contributed by atoms with Gasteiger partial charge in [-0.15, -0.1) is 10.2 Å². The Morgan fingerprint density at radius 3 is 2.39 bits per heavy atom. The number of alkyl halides is 3. The predicted octanol–water partition coefficient (Wildman–Crippen LogP) is 5.97. The van der Waals surface area contributed by atoms with Gasteiger partial charge >= 0.3 is 6.18 Å². The van der Waals surface area contributed by atoms with Gasteiger partial charge in [-0.25, -0.2) is 4.39 Å². The van der Waals surface area contributed by atoms with E-state index in [1.54, 1.807) is 12.1 Å². The van der Waals surface area contributed by atoms with Gasteiger partial charge in [-0.05, 0) is 73.1 Å². The molecule has 1 aromatic heterocycles. The summed E-state index contributed by atoms with van der Waals surface area (Å²) in [5.74, 6) is 0.871. The second-order valence-corrected chi connectivity index (χ2v) is 11.0. The number of anilines is 1. The van der Waals surface area contributed by atoms with Gasteiger partial charge in [0.25, 0.3) is 0 Å². The molecule has 3 fully saturated rings. The van der Waals surface area contributed by atoms with Crippen LogP contribution >= 0.6 is 0 Å². The van der Waals surface area contributed by atoms with Crippen molar-refractivity contribution in [2.24, 2.45) is 17.8 Å². The number of fused-ring (bicyclic) bond motifs is 1. The number of benzene rings is 1. The van der Waals surface area contributed by atoms with Gasteiger partial charge in [0, 0.05) is 44.5 Å². The lowest BCUT2D eigenvalue weighted by Crippen LogP contribution is -2.32. The van der Waals surface area contributed by atoms with E-state index in [0.29, 0.717) is 17.8 Å². The monoisotopic (exact) mass is 506 g/mol. The van der Waals surface area contributed by atoms with Crippen molar-refractivity contribution in [1.82, 2.24) is 15.1 Å². The van der Waals surface area contributed by atoms with E-state index in [9.17, 15) is 17.6 Å². The maximum atomic E-state index is 14.5. The van der Waals surface area contributed by atoms with E-state index in [1.165, 1.54) is 6.07 Å². The molecule has 2 aromatic rings. The maximum absolute atomic E-state index is 14.5. The topological polar surface area (TPSA) is 50.3 Å². The van der Waals surface area contributed by atoms with Crippen molar-refractivity contribution in [2.45, 2.75) is 57.7 Å². The first-order valence-electron chi connectivity index (χ1n) is 13.0. The van der Waals surface area contributed by atoms with Crippen molar-refractivity contribution in [3.05, 3.63) is 41.2 Å². The molecule has 0 radical (unpaired) electrons. The van der Waals surface area contributed by atoms with E-state index in [4.69, 9.17) is 4.74 Å². The fourth-order valence-electron chi connectivity index (χ4n) is 6.10. The number of aromatic nitrogens is 2. The summed E-state index contributed by atoms with van der Waals surface area (Å²) in [4.78, 5) is 2.52. The van der Waals surface area contributed by atoms with Crippen LogP contribution in [0.3, 0.4) is 0 Å². The average molecular weight is 507 g/mol. The van der Waals surface area contributed by atoms with Crippen molar-refractivity contribution in [1.29, 1.82) is 0 Å². The zero-order valence-corrected chi connectivity index (χ0v) is 20.8. The highest BCUT2D eigenvalue weighted by molar-refractivity contribution is 5.64. The van der Waals surface area contributed by atoms with Crippen LogP contribution in [0, 0.1) is 23.6 Å². The summed E-state index contributed by atoms with van der Waals surface area (Å²) >= 11 is 0. The number of hydrogen-bond acceptors (Lipinski definition) is 5. The molecule has 0 bridgehead atoms. The number of likely N-dealkylation sites (tertiary alicyclic amines) is 1. The highest BCUT2D eigenvalue weighted by Crippen LogP contribution is 2.42. The fourth-order valence-corrected chi connectivity index (χ4v) is 6.10. The van der Waals surface area contributed by atoms with Crippen LogP contribution in [0.2, 0.25) is 0 Å². The molecule has 1 saturated carbocycles. The number of halogens is 4. The first kappa shape index (κ1) is 25.4. The molecule has 36 heavy (non-hydrogen) atoms. The molecule has 9 heteroatoms. The molecule has 5 nitrogen and oxygen atoms in total. The second-order valence-electron chi connectivity index (χ2n) is 11.0. The SMILES string of the molecule is CC(C)c1ccc(F)c(-c2cc(C(F)(F)F)c(NC3CC4CN(CC5CCOCC5)CC4C3)nn2)c1. The van der Waals surface area contributed by atoms with Gasteiger partial charge in [-0.3, -0.25) is 0 Å². The summed E-state index contributed by atoms with van der Waals surface area (Å²) in [6.07, 6.45) is -0.775. The number of hydrogen-bond donors (Lipinski definition) is 1. The maximum Gasteiger partial charge on any atom is 0.420 e. The summed E-state index contributed by atoms with van der Waals surface area (Å²) in [6.45, 7) is 8.66. The van der Waals surface area contributed by atoms with Gasteiger partial charge in [-0.1, -0.05) is 19.9 Å². The molecule has 5 rings (SSSR count). The molecule has 2 unspecified atom stereocenters. The van der Waals surface area contributed by atoms with E-state index in [0.717, 1.165) is 70.2 Å². The highest BCUT2D eigenvalue weighted by Gasteiger charge is 2.43. The van der Waals surface area contributed by atoms with Crippen LogP contribution in [0.4, 0.5) is 23.4 Å².